The number of piperidine rings is 1. The number of aromatic nitrogens is 2. The maximum atomic E-state index is 11.6. The number of nitrogen functional groups attached to an aromatic ring is 1. The van der Waals surface area contributed by atoms with E-state index in [0.29, 0.717) is 17.6 Å². The van der Waals surface area contributed by atoms with Crippen LogP contribution in [-0.4, -0.2) is 28.0 Å². The van der Waals surface area contributed by atoms with Crippen LogP contribution in [0.5, 0.6) is 0 Å². The number of nitrogens with zero attached hydrogens (tertiary/aromatic N) is 4. The third-order valence-electron chi connectivity index (χ3n) is 5.63. The van der Waals surface area contributed by atoms with E-state index in [1.54, 1.807) is 0 Å². The zero-order valence-corrected chi connectivity index (χ0v) is 17.5. The number of anilines is 4. The molecule has 31 heavy (non-hydrogen) atoms. The molecule has 1 saturated heterocycles. The van der Waals surface area contributed by atoms with Crippen molar-refractivity contribution >= 4 is 29.0 Å². The van der Waals surface area contributed by atoms with Gasteiger partial charge in [0, 0.05) is 18.8 Å². The number of rotatable bonds is 6. The van der Waals surface area contributed by atoms with Crippen molar-refractivity contribution in [2.24, 2.45) is 5.92 Å². The molecule has 160 valence electrons. The molecule has 0 bridgehead atoms. The van der Waals surface area contributed by atoms with Gasteiger partial charge in [-0.25, -0.2) is 0 Å². The molecule has 1 fully saturated rings. The van der Waals surface area contributed by atoms with E-state index in [9.17, 15) is 10.1 Å². The number of nitrogens with one attached hydrogen (secondary N) is 1. The SMILES string of the molecule is Cc1cccc(Nc2nc(N3CCC(Cc4ccccc4)CC3)nc(N)c2[N+](=O)[O-])c1. The summed E-state index contributed by atoms with van der Waals surface area (Å²) in [6.45, 7) is 3.54. The molecule has 3 N–H and O–H groups in total. The fourth-order valence-electron chi connectivity index (χ4n) is 4.01. The first-order valence-electron chi connectivity index (χ1n) is 10.4. The lowest BCUT2D eigenvalue weighted by molar-refractivity contribution is -0.383. The molecule has 0 atom stereocenters. The summed E-state index contributed by atoms with van der Waals surface area (Å²) in [5.74, 6) is 1.01. The number of aryl methyl sites for hydroxylation is 1. The summed E-state index contributed by atoms with van der Waals surface area (Å²) in [6.07, 6.45) is 3.07. The van der Waals surface area contributed by atoms with Crippen LogP contribution in [0.1, 0.15) is 24.0 Å². The zero-order chi connectivity index (χ0) is 21.8. The van der Waals surface area contributed by atoms with Crippen molar-refractivity contribution in [2.75, 3.05) is 29.0 Å². The Labute approximate surface area is 181 Å². The second-order valence-corrected chi connectivity index (χ2v) is 7.98. The van der Waals surface area contributed by atoms with E-state index in [2.05, 4.69) is 44.5 Å². The van der Waals surface area contributed by atoms with E-state index < -0.39 is 4.92 Å². The zero-order valence-electron chi connectivity index (χ0n) is 17.5. The quantitative estimate of drug-likeness (QED) is 0.448. The molecule has 0 spiro atoms. The van der Waals surface area contributed by atoms with Crippen LogP contribution in [0.4, 0.5) is 29.0 Å². The highest BCUT2D eigenvalue weighted by molar-refractivity contribution is 5.74. The third kappa shape index (κ3) is 4.91. The number of hydrogen-bond acceptors (Lipinski definition) is 7. The van der Waals surface area contributed by atoms with Crippen LogP contribution in [0.3, 0.4) is 0 Å². The van der Waals surface area contributed by atoms with Crippen LogP contribution in [0.2, 0.25) is 0 Å². The van der Waals surface area contributed by atoms with E-state index >= 15 is 0 Å². The predicted molar refractivity (Wildman–Crippen MR) is 123 cm³/mol. The standard InChI is InChI=1S/C23H26N6O2/c1-16-6-5-9-19(14-16)25-22-20(29(30)31)21(24)26-23(27-22)28-12-10-18(11-13-28)15-17-7-3-2-4-8-17/h2-9,14,18H,10-13,15H2,1H3,(H3,24,25,26,27). The molecule has 1 aliphatic heterocycles. The van der Waals surface area contributed by atoms with Crippen molar-refractivity contribution < 1.29 is 4.92 Å². The summed E-state index contributed by atoms with van der Waals surface area (Å²) < 4.78 is 0. The van der Waals surface area contributed by atoms with Gasteiger partial charge in [-0.1, -0.05) is 42.5 Å². The van der Waals surface area contributed by atoms with Crippen molar-refractivity contribution in [3.63, 3.8) is 0 Å². The lowest BCUT2D eigenvalue weighted by Crippen LogP contribution is -2.35. The highest BCUT2D eigenvalue weighted by Crippen LogP contribution is 2.33. The Balaban J connectivity index is 1.52. The van der Waals surface area contributed by atoms with Crippen molar-refractivity contribution in [1.82, 2.24) is 9.97 Å². The molecule has 0 radical (unpaired) electrons. The molecular weight excluding hydrogens is 392 g/mol. The number of benzene rings is 2. The molecule has 0 unspecified atom stereocenters. The molecule has 8 nitrogen and oxygen atoms in total. The Kier molecular flexibility index (Phi) is 5.97. The van der Waals surface area contributed by atoms with E-state index in [4.69, 9.17) is 5.73 Å². The van der Waals surface area contributed by atoms with E-state index in [-0.39, 0.29) is 17.3 Å². The maximum Gasteiger partial charge on any atom is 0.353 e. The number of hydrogen-bond donors (Lipinski definition) is 2. The minimum atomic E-state index is -0.538. The van der Waals surface area contributed by atoms with Gasteiger partial charge >= 0.3 is 5.69 Å². The van der Waals surface area contributed by atoms with Crippen LogP contribution in [0.15, 0.2) is 54.6 Å². The first kappa shape index (κ1) is 20.6. The summed E-state index contributed by atoms with van der Waals surface area (Å²) in [7, 11) is 0. The van der Waals surface area contributed by atoms with Crippen molar-refractivity contribution in [1.29, 1.82) is 0 Å². The maximum absolute atomic E-state index is 11.6. The third-order valence-corrected chi connectivity index (χ3v) is 5.63. The Bertz CT molecular complexity index is 1060. The topological polar surface area (TPSA) is 110 Å². The number of nitrogens with two attached hydrogens (primary N) is 1. The minimum absolute atomic E-state index is 0.115. The van der Waals surface area contributed by atoms with E-state index in [1.807, 2.05) is 37.3 Å². The monoisotopic (exact) mass is 418 g/mol. The molecular formula is C23H26N6O2. The summed E-state index contributed by atoms with van der Waals surface area (Å²) in [5.41, 5.74) is 8.78. The molecule has 0 amide bonds. The first-order valence-corrected chi connectivity index (χ1v) is 10.4. The van der Waals surface area contributed by atoms with Gasteiger partial charge in [0.25, 0.3) is 0 Å². The highest BCUT2D eigenvalue weighted by Gasteiger charge is 2.27. The van der Waals surface area contributed by atoms with Gasteiger partial charge in [0.05, 0.1) is 4.92 Å². The minimum Gasteiger partial charge on any atom is -0.378 e. The summed E-state index contributed by atoms with van der Waals surface area (Å²) in [6, 6.07) is 18.1. The van der Waals surface area contributed by atoms with Gasteiger partial charge < -0.3 is 16.0 Å². The van der Waals surface area contributed by atoms with Crippen LogP contribution >= 0.6 is 0 Å². The molecule has 0 saturated carbocycles. The summed E-state index contributed by atoms with van der Waals surface area (Å²) in [4.78, 5) is 21.9. The Morgan fingerprint density at radius 1 is 1.13 bits per heavy atom. The molecule has 4 rings (SSSR count). The lowest BCUT2D eigenvalue weighted by Gasteiger charge is -2.32. The van der Waals surface area contributed by atoms with Gasteiger partial charge in [-0.2, -0.15) is 9.97 Å². The van der Waals surface area contributed by atoms with Gasteiger partial charge in [0.2, 0.25) is 17.6 Å². The summed E-state index contributed by atoms with van der Waals surface area (Å²) >= 11 is 0. The largest absolute Gasteiger partial charge is 0.378 e. The fraction of sp³-hybridized carbons (Fsp3) is 0.304. The molecule has 1 aromatic heterocycles. The molecule has 3 aromatic rings. The van der Waals surface area contributed by atoms with Crippen LogP contribution in [0.25, 0.3) is 0 Å². The molecule has 8 heteroatoms. The Hall–Kier alpha value is -3.68. The molecule has 0 aliphatic carbocycles. The van der Waals surface area contributed by atoms with Crippen LogP contribution < -0.4 is 16.0 Å². The molecule has 1 aliphatic rings. The normalized spacial score (nSPS) is 14.4. The summed E-state index contributed by atoms with van der Waals surface area (Å²) in [5, 5.41) is 14.7. The van der Waals surface area contributed by atoms with Gasteiger partial charge in [-0.3, -0.25) is 10.1 Å². The van der Waals surface area contributed by atoms with E-state index in [0.717, 1.165) is 37.9 Å². The Morgan fingerprint density at radius 3 is 2.55 bits per heavy atom. The fourth-order valence-corrected chi connectivity index (χ4v) is 4.01. The van der Waals surface area contributed by atoms with Crippen LogP contribution in [-0.2, 0) is 6.42 Å². The molecule has 2 aromatic carbocycles. The second-order valence-electron chi connectivity index (χ2n) is 7.98. The van der Waals surface area contributed by atoms with Crippen molar-refractivity contribution in [3.8, 4) is 0 Å². The van der Waals surface area contributed by atoms with Gasteiger partial charge in [-0.05, 0) is 55.4 Å². The number of nitro groups is 1. The second kappa shape index (κ2) is 8.99. The lowest BCUT2D eigenvalue weighted by atomic mass is 9.90. The van der Waals surface area contributed by atoms with E-state index in [1.165, 1.54) is 5.56 Å². The average Bonchev–Trinajstić information content (AvgIpc) is 2.74. The average molecular weight is 419 g/mol. The van der Waals surface area contributed by atoms with Gasteiger partial charge in [-0.15, -0.1) is 0 Å². The molecule has 2 heterocycles. The van der Waals surface area contributed by atoms with Gasteiger partial charge in [0.15, 0.2) is 0 Å². The van der Waals surface area contributed by atoms with Crippen LogP contribution in [0, 0.1) is 23.0 Å². The highest BCUT2D eigenvalue weighted by atomic mass is 16.6. The predicted octanol–water partition coefficient (Wildman–Crippen LogP) is 4.48. The van der Waals surface area contributed by atoms with Crippen molar-refractivity contribution in [3.05, 3.63) is 75.8 Å². The smallest absolute Gasteiger partial charge is 0.353 e. The van der Waals surface area contributed by atoms with Crippen molar-refractivity contribution in [2.45, 2.75) is 26.2 Å². The van der Waals surface area contributed by atoms with Gasteiger partial charge in [0.1, 0.15) is 0 Å². The first-order chi connectivity index (χ1) is 15.0. The Morgan fingerprint density at radius 2 is 1.87 bits per heavy atom.